The average Bonchev–Trinajstić information content (AvgIpc) is 2.66. The molecule has 5 nitrogen and oxygen atoms in total. The third-order valence-electron chi connectivity index (χ3n) is 2.18. The summed E-state index contributed by atoms with van der Waals surface area (Å²) in [5.41, 5.74) is 7.41. The molecule has 0 spiro atoms. The Balaban J connectivity index is 2.28. The maximum Gasteiger partial charge on any atom is 0.276 e. The molecule has 5 heteroatoms. The number of hydrogen-bond donors (Lipinski definition) is 1. The Morgan fingerprint density at radius 3 is 3.00 bits per heavy atom. The van der Waals surface area contributed by atoms with Gasteiger partial charge in [0, 0.05) is 18.7 Å². The van der Waals surface area contributed by atoms with Crippen LogP contribution >= 0.6 is 0 Å². The van der Waals surface area contributed by atoms with Crippen molar-refractivity contribution in [2.24, 2.45) is 5.73 Å². The molecule has 0 aliphatic rings. The summed E-state index contributed by atoms with van der Waals surface area (Å²) in [5, 5.41) is 3.87. The summed E-state index contributed by atoms with van der Waals surface area (Å²) in [6.07, 6.45) is 2.31. The first-order chi connectivity index (χ1) is 7.66. The molecule has 2 aromatic rings. The van der Waals surface area contributed by atoms with E-state index in [4.69, 9.17) is 10.3 Å². The number of aromatic nitrogens is 3. The van der Waals surface area contributed by atoms with E-state index in [1.165, 1.54) is 0 Å². The summed E-state index contributed by atoms with van der Waals surface area (Å²) < 4.78 is 5.15. The Hall–Kier alpha value is -1.75. The van der Waals surface area contributed by atoms with Gasteiger partial charge in [0.1, 0.15) is 5.69 Å². The van der Waals surface area contributed by atoms with Gasteiger partial charge in [0.15, 0.2) is 5.82 Å². The molecule has 1 unspecified atom stereocenters. The van der Waals surface area contributed by atoms with Gasteiger partial charge in [-0.2, -0.15) is 4.98 Å². The van der Waals surface area contributed by atoms with Crippen molar-refractivity contribution in [1.29, 1.82) is 0 Å². The second-order valence-corrected chi connectivity index (χ2v) is 3.87. The topological polar surface area (TPSA) is 77.8 Å². The lowest BCUT2D eigenvalue weighted by molar-refractivity contribution is 0.419. The first-order valence-electron chi connectivity index (χ1n) is 5.17. The van der Waals surface area contributed by atoms with Crippen LogP contribution in [-0.2, 0) is 6.42 Å². The Kier molecular flexibility index (Phi) is 2.96. The van der Waals surface area contributed by atoms with E-state index in [1.54, 1.807) is 6.20 Å². The summed E-state index contributed by atoms with van der Waals surface area (Å²) >= 11 is 0. The van der Waals surface area contributed by atoms with Crippen LogP contribution in [0.3, 0.4) is 0 Å². The molecule has 2 N–H and O–H groups in total. The van der Waals surface area contributed by atoms with Crippen molar-refractivity contribution in [3.05, 3.63) is 29.7 Å². The van der Waals surface area contributed by atoms with E-state index >= 15 is 0 Å². The molecule has 84 valence electrons. The van der Waals surface area contributed by atoms with Crippen molar-refractivity contribution in [3.63, 3.8) is 0 Å². The van der Waals surface area contributed by atoms with Gasteiger partial charge in [0.05, 0.1) is 0 Å². The SMILES string of the molecule is Cc1cccnc1-c1nc(CC(C)N)no1. The van der Waals surface area contributed by atoms with Gasteiger partial charge in [0.2, 0.25) is 0 Å². The van der Waals surface area contributed by atoms with Gasteiger partial charge in [-0.1, -0.05) is 11.2 Å². The predicted octanol–water partition coefficient (Wildman–Crippen LogP) is 1.33. The maximum atomic E-state index is 5.66. The summed E-state index contributed by atoms with van der Waals surface area (Å²) in [7, 11) is 0. The summed E-state index contributed by atoms with van der Waals surface area (Å²) in [6, 6.07) is 3.85. The molecular formula is C11H14N4O. The molecule has 2 heterocycles. The van der Waals surface area contributed by atoms with Crippen LogP contribution in [0.5, 0.6) is 0 Å². The number of nitrogens with zero attached hydrogens (tertiary/aromatic N) is 3. The number of rotatable bonds is 3. The van der Waals surface area contributed by atoms with Gasteiger partial charge in [-0.05, 0) is 25.5 Å². The molecule has 0 aliphatic heterocycles. The Morgan fingerprint density at radius 1 is 1.50 bits per heavy atom. The highest BCUT2D eigenvalue weighted by atomic mass is 16.5. The van der Waals surface area contributed by atoms with E-state index in [-0.39, 0.29) is 6.04 Å². The summed E-state index contributed by atoms with van der Waals surface area (Å²) in [4.78, 5) is 8.47. The smallest absolute Gasteiger partial charge is 0.276 e. The lowest BCUT2D eigenvalue weighted by Crippen LogP contribution is -2.18. The highest BCUT2D eigenvalue weighted by molar-refractivity contribution is 5.51. The van der Waals surface area contributed by atoms with E-state index in [9.17, 15) is 0 Å². The highest BCUT2D eigenvalue weighted by Gasteiger charge is 2.12. The van der Waals surface area contributed by atoms with Crippen LogP contribution in [0, 0.1) is 6.92 Å². The minimum absolute atomic E-state index is 0.0234. The average molecular weight is 218 g/mol. The van der Waals surface area contributed by atoms with Crippen LogP contribution < -0.4 is 5.73 Å². The van der Waals surface area contributed by atoms with Crippen molar-refractivity contribution in [2.45, 2.75) is 26.3 Å². The van der Waals surface area contributed by atoms with Crippen LogP contribution in [-0.4, -0.2) is 21.2 Å². The van der Waals surface area contributed by atoms with Crippen molar-refractivity contribution >= 4 is 0 Å². The molecule has 0 aliphatic carbocycles. The highest BCUT2D eigenvalue weighted by Crippen LogP contribution is 2.18. The molecular weight excluding hydrogens is 204 g/mol. The van der Waals surface area contributed by atoms with E-state index in [2.05, 4.69) is 15.1 Å². The fraction of sp³-hybridized carbons (Fsp3) is 0.364. The normalized spacial score (nSPS) is 12.7. The van der Waals surface area contributed by atoms with E-state index in [0.29, 0.717) is 18.1 Å². The Morgan fingerprint density at radius 2 is 2.31 bits per heavy atom. The number of aryl methyl sites for hydroxylation is 1. The minimum Gasteiger partial charge on any atom is -0.332 e. The molecule has 1 atom stereocenters. The Bertz CT molecular complexity index is 478. The molecule has 2 aromatic heterocycles. The monoisotopic (exact) mass is 218 g/mol. The second-order valence-electron chi connectivity index (χ2n) is 3.87. The van der Waals surface area contributed by atoms with E-state index in [1.807, 2.05) is 26.0 Å². The fourth-order valence-electron chi connectivity index (χ4n) is 1.43. The van der Waals surface area contributed by atoms with Crippen molar-refractivity contribution in [3.8, 4) is 11.6 Å². The van der Waals surface area contributed by atoms with Crippen molar-refractivity contribution < 1.29 is 4.52 Å². The first-order valence-corrected chi connectivity index (χ1v) is 5.17. The molecule has 0 saturated carbocycles. The third kappa shape index (κ3) is 2.25. The fourth-order valence-corrected chi connectivity index (χ4v) is 1.43. The van der Waals surface area contributed by atoms with Gasteiger partial charge in [-0.25, -0.2) is 0 Å². The van der Waals surface area contributed by atoms with Crippen LogP contribution in [0.1, 0.15) is 18.3 Å². The molecule has 0 aromatic carbocycles. The van der Waals surface area contributed by atoms with Gasteiger partial charge in [-0.15, -0.1) is 0 Å². The summed E-state index contributed by atoms with van der Waals surface area (Å²) in [6.45, 7) is 3.86. The second kappa shape index (κ2) is 4.40. The largest absolute Gasteiger partial charge is 0.332 e. The van der Waals surface area contributed by atoms with E-state index in [0.717, 1.165) is 11.3 Å². The lowest BCUT2D eigenvalue weighted by Gasteiger charge is -1.98. The van der Waals surface area contributed by atoms with Gasteiger partial charge < -0.3 is 10.3 Å². The van der Waals surface area contributed by atoms with Gasteiger partial charge in [0.25, 0.3) is 5.89 Å². The first kappa shape index (κ1) is 10.8. The summed E-state index contributed by atoms with van der Waals surface area (Å²) in [5.74, 6) is 1.07. The van der Waals surface area contributed by atoms with Crippen LogP contribution in [0.15, 0.2) is 22.9 Å². The quantitative estimate of drug-likeness (QED) is 0.840. The Labute approximate surface area is 93.7 Å². The number of pyridine rings is 1. The van der Waals surface area contributed by atoms with Gasteiger partial charge in [-0.3, -0.25) is 4.98 Å². The standard InChI is InChI=1S/C11H14N4O/c1-7-4-3-5-13-10(7)11-14-9(15-16-11)6-8(2)12/h3-5,8H,6,12H2,1-2H3. The predicted molar refractivity (Wildman–Crippen MR) is 59.6 cm³/mol. The third-order valence-corrected chi connectivity index (χ3v) is 2.18. The number of nitrogens with two attached hydrogens (primary N) is 1. The van der Waals surface area contributed by atoms with E-state index < -0.39 is 0 Å². The zero-order valence-electron chi connectivity index (χ0n) is 9.34. The molecule has 0 radical (unpaired) electrons. The molecule has 2 rings (SSSR count). The molecule has 0 saturated heterocycles. The minimum atomic E-state index is 0.0234. The zero-order valence-corrected chi connectivity index (χ0v) is 9.34. The number of hydrogen-bond acceptors (Lipinski definition) is 5. The molecule has 0 bridgehead atoms. The van der Waals surface area contributed by atoms with Gasteiger partial charge >= 0.3 is 0 Å². The molecule has 0 fully saturated rings. The molecule has 16 heavy (non-hydrogen) atoms. The van der Waals surface area contributed by atoms with Crippen LogP contribution in [0.4, 0.5) is 0 Å². The maximum absolute atomic E-state index is 5.66. The zero-order chi connectivity index (χ0) is 11.5. The molecule has 0 amide bonds. The van der Waals surface area contributed by atoms with Crippen molar-refractivity contribution in [2.75, 3.05) is 0 Å². The van der Waals surface area contributed by atoms with Crippen molar-refractivity contribution in [1.82, 2.24) is 15.1 Å². The van der Waals surface area contributed by atoms with Crippen LogP contribution in [0.2, 0.25) is 0 Å². The van der Waals surface area contributed by atoms with Crippen LogP contribution in [0.25, 0.3) is 11.6 Å². The lowest BCUT2D eigenvalue weighted by atomic mass is 10.2.